The molecule has 1 heterocycles. The van der Waals surface area contributed by atoms with Crippen LogP contribution in [0, 0.1) is 17.2 Å². The topological polar surface area (TPSA) is 82.3 Å². The molecule has 0 saturated carbocycles. The van der Waals surface area contributed by atoms with Crippen LogP contribution in [0.1, 0.15) is 5.56 Å². The second-order valence-electron chi connectivity index (χ2n) is 4.01. The zero-order chi connectivity index (χ0) is 13.1. The number of nitriles is 1. The molecule has 1 aliphatic heterocycles. The Balaban J connectivity index is 2.22. The Morgan fingerprint density at radius 3 is 3.00 bits per heavy atom. The zero-order valence-corrected chi connectivity index (χ0v) is 11.0. The Labute approximate surface area is 112 Å². The van der Waals surface area contributed by atoms with Gasteiger partial charge in [-0.1, -0.05) is 6.07 Å². The molecule has 6 heteroatoms. The van der Waals surface area contributed by atoms with Gasteiger partial charge in [0.2, 0.25) is 0 Å². The third-order valence-corrected chi connectivity index (χ3v) is 3.52. The summed E-state index contributed by atoms with van der Waals surface area (Å²) in [5, 5.41) is 21.2. The first-order valence-electron chi connectivity index (χ1n) is 5.39. The number of benzene rings is 1. The number of rotatable bonds is 3. The van der Waals surface area contributed by atoms with E-state index in [-0.39, 0.29) is 12.6 Å². The van der Waals surface area contributed by atoms with Crippen LogP contribution in [0.3, 0.4) is 0 Å². The summed E-state index contributed by atoms with van der Waals surface area (Å²) in [6.07, 6.45) is 0. The highest BCUT2D eigenvalue weighted by Crippen LogP contribution is 2.26. The molecular formula is C12H11BrN2O3. The molecule has 0 bridgehead atoms. The van der Waals surface area contributed by atoms with Crippen molar-refractivity contribution in [3.05, 3.63) is 28.2 Å². The fourth-order valence-electron chi connectivity index (χ4n) is 1.90. The molecule has 5 nitrogen and oxygen atoms in total. The number of halogens is 1. The third-order valence-electron chi connectivity index (χ3n) is 2.86. The van der Waals surface area contributed by atoms with E-state index in [2.05, 4.69) is 27.3 Å². The molecule has 0 aliphatic carbocycles. The van der Waals surface area contributed by atoms with E-state index in [0.29, 0.717) is 22.3 Å². The Kier molecular flexibility index (Phi) is 3.84. The highest BCUT2D eigenvalue weighted by molar-refractivity contribution is 9.10. The molecule has 2 atom stereocenters. The second kappa shape index (κ2) is 5.38. The average Bonchev–Trinajstić information content (AvgIpc) is 2.77. The number of anilines is 1. The Morgan fingerprint density at radius 1 is 1.56 bits per heavy atom. The van der Waals surface area contributed by atoms with E-state index in [1.165, 1.54) is 0 Å². The number of aliphatic carboxylic acids is 1. The number of ether oxygens (including phenoxy) is 1. The van der Waals surface area contributed by atoms with Crippen molar-refractivity contribution in [2.24, 2.45) is 5.92 Å². The predicted octanol–water partition coefficient (Wildman–Crippen LogP) is 1.83. The van der Waals surface area contributed by atoms with E-state index >= 15 is 0 Å². The van der Waals surface area contributed by atoms with Crippen LogP contribution >= 0.6 is 15.9 Å². The lowest BCUT2D eigenvalue weighted by Gasteiger charge is -2.18. The summed E-state index contributed by atoms with van der Waals surface area (Å²) < 4.78 is 5.85. The molecular weight excluding hydrogens is 300 g/mol. The minimum absolute atomic E-state index is 0.197. The highest BCUT2D eigenvalue weighted by atomic mass is 79.9. The first-order valence-corrected chi connectivity index (χ1v) is 6.18. The summed E-state index contributed by atoms with van der Waals surface area (Å²) in [5.74, 6) is -1.48. The van der Waals surface area contributed by atoms with Crippen molar-refractivity contribution in [3.8, 4) is 6.07 Å². The van der Waals surface area contributed by atoms with Crippen LogP contribution in [-0.2, 0) is 9.53 Å². The maximum absolute atomic E-state index is 11.0. The number of carbonyl (C=O) groups is 1. The molecule has 1 saturated heterocycles. The van der Waals surface area contributed by atoms with Gasteiger partial charge < -0.3 is 15.2 Å². The molecule has 1 fully saturated rings. The van der Waals surface area contributed by atoms with Gasteiger partial charge in [-0.25, -0.2) is 0 Å². The van der Waals surface area contributed by atoms with Gasteiger partial charge in [0, 0.05) is 4.47 Å². The maximum Gasteiger partial charge on any atom is 0.311 e. The number of carboxylic acid groups (broad SMARTS) is 1. The van der Waals surface area contributed by atoms with E-state index in [9.17, 15) is 4.79 Å². The fourth-order valence-corrected chi connectivity index (χ4v) is 2.35. The van der Waals surface area contributed by atoms with E-state index in [1.807, 2.05) is 0 Å². The standard InChI is InChI=1S/C12H11BrN2O3/c13-9-2-1-3-10(7(9)4-14)15-11-6-18-5-8(11)12(16)17/h1-3,8,11,15H,5-6H2,(H,16,17). The smallest absolute Gasteiger partial charge is 0.311 e. The lowest BCUT2D eigenvalue weighted by Crippen LogP contribution is -2.33. The van der Waals surface area contributed by atoms with Gasteiger partial charge in [-0.05, 0) is 28.1 Å². The van der Waals surface area contributed by atoms with E-state index in [1.54, 1.807) is 18.2 Å². The van der Waals surface area contributed by atoms with Crippen molar-refractivity contribution in [1.29, 1.82) is 5.26 Å². The van der Waals surface area contributed by atoms with Crippen molar-refractivity contribution in [2.75, 3.05) is 18.5 Å². The highest BCUT2D eigenvalue weighted by Gasteiger charge is 2.34. The SMILES string of the molecule is N#Cc1c(Br)cccc1NC1COCC1C(=O)O. The maximum atomic E-state index is 11.0. The van der Waals surface area contributed by atoms with Gasteiger partial charge in [0.15, 0.2) is 0 Å². The quantitative estimate of drug-likeness (QED) is 0.890. The Bertz CT molecular complexity index is 513. The summed E-state index contributed by atoms with van der Waals surface area (Å²) >= 11 is 3.29. The lowest BCUT2D eigenvalue weighted by molar-refractivity contribution is -0.141. The van der Waals surface area contributed by atoms with Gasteiger partial charge in [0.05, 0.1) is 30.5 Å². The number of hydrogen-bond donors (Lipinski definition) is 2. The second-order valence-corrected chi connectivity index (χ2v) is 4.86. The van der Waals surface area contributed by atoms with Gasteiger partial charge in [-0.2, -0.15) is 5.26 Å². The van der Waals surface area contributed by atoms with E-state index < -0.39 is 11.9 Å². The van der Waals surface area contributed by atoms with Crippen LogP contribution in [-0.4, -0.2) is 30.3 Å². The Hall–Kier alpha value is -1.58. The number of hydrogen-bond acceptors (Lipinski definition) is 4. The van der Waals surface area contributed by atoms with Crippen LogP contribution < -0.4 is 5.32 Å². The summed E-state index contributed by atoms with van der Waals surface area (Å²) in [6.45, 7) is 0.525. The van der Waals surface area contributed by atoms with Gasteiger partial charge >= 0.3 is 5.97 Å². The lowest BCUT2D eigenvalue weighted by atomic mass is 10.0. The van der Waals surface area contributed by atoms with Crippen LogP contribution in [0.25, 0.3) is 0 Å². The molecule has 18 heavy (non-hydrogen) atoms. The van der Waals surface area contributed by atoms with Crippen molar-refractivity contribution in [1.82, 2.24) is 0 Å². The molecule has 1 aliphatic rings. The summed E-state index contributed by atoms with van der Waals surface area (Å²) in [6, 6.07) is 7.08. The van der Waals surface area contributed by atoms with E-state index in [0.717, 1.165) is 0 Å². The summed E-state index contributed by atoms with van der Waals surface area (Å²) in [7, 11) is 0. The molecule has 2 N–H and O–H groups in total. The first kappa shape index (κ1) is 12.9. The fraction of sp³-hybridized carbons (Fsp3) is 0.333. The number of nitrogens with zero attached hydrogens (tertiary/aromatic N) is 1. The molecule has 94 valence electrons. The molecule has 0 amide bonds. The molecule has 1 aromatic carbocycles. The minimum Gasteiger partial charge on any atom is -0.481 e. The van der Waals surface area contributed by atoms with Gasteiger partial charge in [0.25, 0.3) is 0 Å². The van der Waals surface area contributed by atoms with Crippen LogP contribution in [0.4, 0.5) is 5.69 Å². The van der Waals surface area contributed by atoms with Crippen LogP contribution in [0.15, 0.2) is 22.7 Å². The van der Waals surface area contributed by atoms with Crippen molar-refractivity contribution in [2.45, 2.75) is 6.04 Å². The normalized spacial score (nSPS) is 22.4. The van der Waals surface area contributed by atoms with Gasteiger partial charge in [-0.3, -0.25) is 4.79 Å². The zero-order valence-electron chi connectivity index (χ0n) is 9.39. The largest absolute Gasteiger partial charge is 0.481 e. The monoisotopic (exact) mass is 310 g/mol. The summed E-state index contributed by atoms with van der Waals surface area (Å²) in [4.78, 5) is 11.0. The summed E-state index contributed by atoms with van der Waals surface area (Å²) in [5.41, 5.74) is 1.09. The molecule has 2 unspecified atom stereocenters. The molecule has 0 radical (unpaired) electrons. The third kappa shape index (κ3) is 2.47. The predicted molar refractivity (Wildman–Crippen MR) is 68.2 cm³/mol. The number of carboxylic acids is 1. The molecule has 0 spiro atoms. The first-order chi connectivity index (χ1) is 8.63. The van der Waals surface area contributed by atoms with Crippen molar-refractivity contribution >= 4 is 27.6 Å². The van der Waals surface area contributed by atoms with Crippen LogP contribution in [0.5, 0.6) is 0 Å². The minimum atomic E-state index is -0.890. The number of nitrogens with one attached hydrogen (secondary N) is 1. The molecule has 0 aromatic heterocycles. The Morgan fingerprint density at radius 2 is 2.33 bits per heavy atom. The van der Waals surface area contributed by atoms with Crippen LogP contribution in [0.2, 0.25) is 0 Å². The van der Waals surface area contributed by atoms with E-state index in [4.69, 9.17) is 15.1 Å². The molecule has 1 aromatic rings. The van der Waals surface area contributed by atoms with Crippen molar-refractivity contribution in [3.63, 3.8) is 0 Å². The average molecular weight is 311 g/mol. The van der Waals surface area contributed by atoms with Gasteiger partial charge in [0.1, 0.15) is 12.0 Å². The molecule has 2 rings (SSSR count). The van der Waals surface area contributed by atoms with Crippen molar-refractivity contribution < 1.29 is 14.6 Å². The van der Waals surface area contributed by atoms with Gasteiger partial charge in [-0.15, -0.1) is 0 Å².